The maximum Gasteiger partial charge on any atom is 0.416 e. The molecule has 1 amide bonds. The highest BCUT2D eigenvalue weighted by Gasteiger charge is 2.37. The van der Waals surface area contributed by atoms with Crippen LogP contribution in [0.1, 0.15) is 32.9 Å². The molecule has 180 valence electrons. The topological polar surface area (TPSA) is 86.2 Å². The maximum absolute atomic E-state index is 13.2. The van der Waals surface area contributed by atoms with Crippen molar-refractivity contribution < 1.29 is 35.6 Å². The van der Waals surface area contributed by atoms with Crippen LogP contribution in [0, 0.1) is 0 Å². The number of amides is 1. The van der Waals surface area contributed by atoms with E-state index in [1.165, 1.54) is 12.1 Å². The Morgan fingerprint density at radius 2 is 1.49 bits per heavy atom. The van der Waals surface area contributed by atoms with E-state index in [0.717, 1.165) is 0 Å². The van der Waals surface area contributed by atoms with Crippen LogP contribution in [0.25, 0.3) is 22.0 Å². The summed E-state index contributed by atoms with van der Waals surface area (Å²) >= 11 is 0. The van der Waals surface area contributed by atoms with Gasteiger partial charge in [0.2, 0.25) is 5.76 Å². The van der Waals surface area contributed by atoms with Gasteiger partial charge in [0.15, 0.2) is 5.52 Å². The molecule has 0 aliphatic rings. The molecule has 0 saturated carbocycles. The molecule has 0 spiro atoms. The second-order valence-corrected chi connectivity index (χ2v) is 7.61. The first-order valence-electron chi connectivity index (χ1n) is 9.95. The van der Waals surface area contributed by atoms with Crippen molar-refractivity contribution in [3.63, 3.8) is 0 Å². The van der Waals surface area contributed by atoms with E-state index < -0.39 is 47.2 Å². The van der Waals surface area contributed by atoms with Gasteiger partial charge in [-0.2, -0.15) is 26.3 Å². The molecule has 35 heavy (non-hydrogen) atoms. The Hall–Kier alpha value is -4.15. The van der Waals surface area contributed by atoms with Gasteiger partial charge in [-0.15, -0.1) is 0 Å². The van der Waals surface area contributed by atoms with Gasteiger partial charge in [0.05, 0.1) is 11.1 Å². The summed E-state index contributed by atoms with van der Waals surface area (Å²) in [5.41, 5.74) is 1.54. The highest BCUT2D eigenvalue weighted by Crippen LogP contribution is 2.37. The summed E-state index contributed by atoms with van der Waals surface area (Å²) in [7, 11) is 0. The largest absolute Gasteiger partial charge is 0.416 e. The summed E-state index contributed by atoms with van der Waals surface area (Å²) in [6.07, 6.45) is -10.4. The zero-order valence-corrected chi connectivity index (χ0v) is 17.5. The van der Waals surface area contributed by atoms with Gasteiger partial charge in [-0.05, 0) is 41.5 Å². The fourth-order valence-corrected chi connectivity index (χ4v) is 3.67. The number of rotatable bonds is 4. The minimum atomic E-state index is -5.00. The van der Waals surface area contributed by atoms with Crippen LogP contribution in [0.5, 0.6) is 0 Å². The Morgan fingerprint density at radius 1 is 0.886 bits per heavy atom. The number of nitrogens with two attached hydrogens (primary N) is 1. The summed E-state index contributed by atoms with van der Waals surface area (Å²) < 4.78 is 84.1. The molecule has 0 aliphatic carbocycles. The minimum Gasteiger partial charge on any atom is -0.415 e. The first-order valence-corrected chi connectivity index (χ1v) is 9.95. The fraction of sp³-hybridized carbons (Fsp3) is 0.125. The Bertz CT molecular complexity index is 1460. The average Bonchev–Trinajstić information content (AvgIpc) is 2.78. The number of aromatic nitrogens is 1. The lowest BCUT2D eigenvalue weighted by atomic mass is 9.98. The van der Waals surface area contributed by atoms with E-state index in [0.29, 0.717) is 17.7 Å². The lowest BCUT2D eigenvalue weighted by Crippen LogP contribution is -2.17. The third-order valence-corrected chi connectivity index (χ3v) is 5.16. The Balaban J connectivity index is 1.86. The molecule has 0 bridgehead atoms. The molecule has 0 radical (unpaired) electrons. The summed E-state index contributed by atoms with van der Waals surface area (Å²) in [5, 5.41) is 0.185. The molecule has 2 heterocycles. The summed E-state index contributed by atoms with van der Waals surface area (Å²) in [4.78, 5) is 28.6. The third kappa shape index (κ3) is 4.88. The van der Waals surface area contributed by atoms with Crippen molar-refractivity contribution in [2.24, 2.45) is 5.73 Å². The van der Waals surface area contributed by atoms with Gasteiger partial charge in [-0.25, -0.2) is 9.78 Å². The standard InChI is InChI=1S/C24H14F6N2O3/c25-23(26,27)14-8-12(9-15(11-14)24(28,29)30)10-16-6-7-17-18(13-4-2-1-3-5-13)20(21(31)33)35-22(34)19(17)32-16/h1-9,11H,10H2,(H2,31,33). The van der Waals surface area contributed by atoms with Gasteiger partial charge in [0.1, 0.15) is 0 Å². The zero-order valence-electron chi connectivity index (χ0n) is 17.5. The van der Waals surface area contributed by atoms with E-state index in [2.05, 4.69) is 4.98 Å². The van der Waals surface area contributed by atoms with Crippen molar-refractivity contribution in [2.75, 3.05) is 0 Å². The van der Waals surface area contributed by atoms with Crippen LogP contribution in [0.3, 0.4) is 0 Å². The normalized spacial score (nSPS) is 12.2. The highest BCUT2D eigenvalue weighted by molar-refractivity contribution is 6.05. The van der Waals surface area contributed by atoms with E-state index in [9.17, 15) is 35.9 Å². The lowest BCUT2D eigenvalue weighted by molar-refractivity contribution is -0.143. The third-order valence-electron chi connectivity index (χ3n) is 5.16. The first kappa shape index (κ1) is 24.0. The van der Waals surface area contributed by atoms with Crippen LogP contribution in [0.15, 0.2) is 69.9 Å². The number of carbonyl (C=O) groups excluding carboxylic acids is 1. The molecule has 0 atom stereocenters. The maximum atomic E-state index is 13.2. The van der Waals surface area contributed by atoms with Crippen molar-refractivity contribution in [3.05, 3.63) is 99.2 Å². The first-order chi connectivity index (χ1) is 16.3. The Labute approximate surface area is 192 Å². The number of fused-ring (bicyclic) bond motifs is 1. The average molecular weight is 492 g/mol. The van der Waals surface area contributed by atoms with E-state index >= 15 is 0 Å². The molecule has 2 aromatic carbocycles. The molecule has 2 aromatic heterocycles. The number of pyridine rings is 1. The SMILES string of the molecule is NC(=O)c1oc(=O)c2nc(Cc3cc(C(F)(F)F)cc(C(F)(F)F)c3)ccc2c1-c1ccccc1. The summed E-state index contributed by atoms with van der Waals surface area (Å²) in [5.74, 6) is -1.41. The molecule has 0 saturated heterocycles. The molecule has 5 nitrogen and oxygen atoms in total. The van der Waals surface area contributed by atoms with E-state index in [1.807, 2.05) is 0 Å². The van der Waals surface area contributed by atoms with Gasteiger partial charge >= 0.3 is 18.0 Å². The number of halogens is 6. The van der Waals surface area contributed by atoms with E-state index in [-0.39, 0.29) is 33.8 Å². The molecular formula is C24H14F6N2O3. The van der Waals surface area contributed by atoms with E-state index in [4.69, 9.17) is 10.2 Å². The molecule has 0 aliphatic heterocycles. The highest BCUT2D eigenvalue weighted by atomic mass is 19.4. The van der Waals surface area contributed by atoms with Crippen molar-refractivity contribution in [1.82, 2.24) is 4.98 Å². The number of alkyl halides is 6. The number of hydrogen-bond acceptors (Lipinski definition) is 4. The van der Waals surface area contributed by atoms with Gasteiger partial charge in [0.25, 0.3) is 5.91 Å². The van der Waals surface area contributed by atoms with E-state index in [1.54, 1.807) is 30.3 Å². The predicted octanol–water partition coefficient (Wildman–Crippen LogP) is 5.58. The van der Waals surface area contributed by atoms with Gasteiger partial charge < -0.3 is 10.2 Å². The van der Waals surface area contributed by atoms with Crippen LogP contribution < -0.4 is 11.4 Å². The van der Waals surface area contributed by atoms with Crippen molar-refractivity contribution in [2.45, 2.75) is 18.8 Å². The summed E-state index contributed by atoms with van der Waals surface area (Å²) in [6.45, 7) is 0. The molecule has 4 aromatic rings. The quantitative estimate of drug-likeness (QED) is 0.377. The molecule has 0 unspecified atom stereocenters. The van der Waals surface area contributed by atoms with Crippen molar-refractivity contribution >= 4 is 16.8 Å². The second-order valence-electron chi connectivity index (χ2n) is 7.61. The monoisotopic (exact) mass is 492 g/mol. The predicted molar refractivity (Wildman–Crippen MR) is 113 cm³/mol. The van der Waals surface area contributed by atoms with Crippen molar-refractivity contribution in [3.8, 4) is 11.1 Å². The van der Waals surface area contributed by atoms with Crippen LogP contribution in [-0.4, -0.2) is 10.9 Å². The Morgan fingerprint density at radius 3 is 2.03 bits per heavy atom. The Kier molecular flexibility index (Phi) is 5.87. The molecule has 4 rings (SSSR count). The number of benzene rings is 2. The fourth-order valence-electron chi connectivity index (χ4n) is 3.67. The van der Waals surface area contributed by atoms with Crippen molar-refractivity contribution in [1.29, 1.82) is 0 Å². The lowest BCUT2D eigenvalue weighted by Gasteiger charge is -2.14. The molecule has 2 N–H and O–H groups in total. The molecular weight excluding hydrogens is 478 g/mol. The van der Waals surface area contributed by atoms with Gasteiger partial charge in [0, 0.05) is 23.1 Å². The molecule has 0 fully saturated rings. The number of carbonyl (C=O) groups is 1. The molecule has 11 heteroatoms. The number of hydrogen-bond donors (Lipinski definition) is 1. The van der Waals surface area contributed by atoms with Gasteiger partial charge in [-0.3, -0.25) is 4.79 Å². The van der Waals surface area contributed by atoms with Crippen LogP contribution in [0.4, 0.5) is 26.3 Å². The zero-order chi connectivity index (χ0) is 25.5. The number of primary amides is 1. The minimum absolute atomic E-state index is 0.0167. The number of nitrogens with zero attached hydrogens (tertiary/aromatic N) is 1. The smallest absolute Gasteiger partial charge is 0.415 e. The second kappa shape index (κ2) is 8.57. The van der Waals surface area contributed by atoms with Crippen LogP contribution in [0.2, 0.25) is 0 Å². The van der Waals surface area contributed by atoms with Crippen LogP contribution >= 0.6 is 0 Å². The van der Waals surface area contributed by atoms with Crippen LogP contribution in [-0.2, 0) is 18.8 Å². The summed E-state index contributed by atoms with van der Waals surface area (Å²) in [6, 6.07) is 12.3. The van der Waals surface area contributed by atoms with Gasteiger partial charge in [-0.1, -0.05) is 30.3 Å².